The molecule has 0 radical (unpaired) electrons. The molecule has 0 spiro atoms. The minimum Gasteiger partial charge on any atom is -0.342 e. The standard InChI is InChI=1S/C23H24N4O4/c1-14(28)16-7-9-17(10-8-16)24-23(31)26-18-11-12-27-20(18)21(29)25-19(22(27)30)13-15-5-3-2-4-6-15/h2-10,18-20H,11-13H2,1H3,(H,25,29)(H2,24,26,31)/t18-,19+,20-/m0/s1. The third-order valence-corrected chi connectivity index (χ3v) is 5.71. The molecule has 2 aliphatic heterocycles. The number of rotatable bonds is 5. The fraction of sp³-hybridized carbons (Fsp3) is 0.304. The van der Waals surface area contributed by atoms with Crippen LogP contribution in [0.15, 0.2) is 54.6 Å². The van der Waals surface area contributed by atoms with E-state index in [9.17, 15) is 19.2 Å². The van der Waals surface area contributed by atoms with E-state index < -0.39 is 24.2 Å². The fourth-order valence-corrected chi connectivity index (χ4v) is 4.15. The number of nitrogens with zero attached hydrogens (tertiary/aromatic N) is 1. The number of piperazine rings is 1. The van der Waals surface area contributed by atoms with Gasteiger partial charge in [-0.1, -0.05) is 30.3 Å². The molecule has 3 N–H and O–H groups in total. The van der Waals surface area contributed by atoms with Gasteiger partial charge in [0.1, 0.15) is 12.1 Å². The van der Waals surface area contributed by atoms with Crippen LogP contribution in [0.5, 0.6) is 0 Å². The number of fused-ring (bicyclic) bond motifs is 1. The molecule has 2 saturated heterocycles. The largest absolute Gasteiger partial charge is 0.342 e. The van der Waals surface area contributed by atoms with Crippen molar-refractivity contribution in [3.8, 4) is 0 Å². The van der Waals surface area contributed by atoms with Crippen LogP contribution in [-0.2, 0) is 16.0 Å². The number of amides is 4. The van der Waals surface area contributed by atoms with Crippen molar-refractivity contribution >= 4 is 29.3 Å². The van der Waals surface area contributed by atoms with Gasteiger partial charge in [-0.05, 0) is 43.2 Å². The molecular formula is C23H24N4O4. The van der Waals surface area contributed by atoms with Crippen molar-refractivity contribution in [2.75, 3.05) is 11.9 Å². The van der Waals surface area contributed by atoms with Gasteiger partial charge in [0.25, 0.3) is 0 Å². The third kappa shape index (κ3) is 4.42. The van der Waals surface area contributed by atoms with E-state index in [2.05, 4.69) is 16.0 Å². The third-order valence-electron chi connectivity index (χ3n) is 5.71. The summed E-state index contributed by atoms with van der Waals surface area (Å²) in [5.41, 5.74) is 2.06. The highest BCUT2D eigenvalue weighted by Crippen LogP contribution is 2.24. The van der Waals surface area contributed by atoms with E-state index in [1.54, 1.807) is 29.2 Å². The van der Waals surface area contributed by atoms with Crippen molar-refractivity contribution in [2.24, 2.45) is 0 Å². The smallest absolute Gasteiger partial charge is 0.319 e. The molecule has 0 unspecified atom stereocenters. The van der Waals surface area contributed by atoms with E-state index in [0.717, 1.165) is 5.56 Å². The number of nitrogens with one attached hydrogen (secondary N) is 3. The summed E-state index contributed by atoms with van der Waals surface area (Å²) in [5.74, 6) is -0.437. The topological polar surface area (TPSA) is 108 Å². The molecule has 0 bridgehead atoms. The lowest BCUT2D eigenvalue weighted by Gasteiger charge is -2.36. The molecule has 160 valence electrons. The second-order valence-corrected chi connectivity index (χ2v) is 7.85. The lowest BCUT2D eigenvalue weighted by molar-refractivity contribution is -0.147. The first-order valence-electron chi connectivity index (χ1n) is 10.3. The highest BCUT2D eigenvalue weighted by atomic mass is 16.2. The number of urea groups is 1. The number of benzene rings is 2. The van der Waals surface area contributed by atoms with Crippen molar-refractivity contribution in [2.45, 2.75) is 37.9 Å². The van der Waals surface area contributed by atoms with E-state index >= 15 is 0 Å². The Labute approximate surface area is 180 Å². The average Bonchev–Trinajstić information content (AvgIpc) is 3.17. The summed E-state index contributed by atoms with van der Waals surface area (Å²) in [6, 6.07) is 13.8. The van der Waals surface area contributed by atoms with Crippen molar-refractivity contribution < 1.29 is 19.2 Å². The molecule has 0 aromatic heterocycles. The zero-order valence-corrected chi connectivity index (χ0v) is 17.1. The highest BCUT2D eigenvalue weighted by molar-refractivity contribution is 5.99. The number of carbonyl (C=O) groups is 4. The molecule has 2 aliphatic rings. The zero-order valence-electron chi connectivity index (χ0n) is 17.1. The molecule has 0 saturated carbocycles. The Morgan fingerprint density at radius 1 is 1.06 bits per heavy atom. The maximum Gasteiger partial charge on any atom is 0.319 e. The van der Waals surface area contributed by atoms with Gasteiger partial charge in [-0.3, -0.25) is 14.4 Å². The fourth-order valence-electron chi connectivity index (χ4n) is 4.15. The maximum atomic E-state index is 12.9. The number of hydrogen-bond donors (Lipinski definition) is 3. The van der Waals surface area contributed by atoms with Crippen LogP contribution in [0.3, 0.4) is 0 Å². The first-order valence-corrected chi connectivity index (χ1v) is 10.3. The number of Topliss-reactive ketones (excluding diaryl/α,β-unsaturated/α-hetero) is 1. The van der Waals surface area contributed by atoms with E-state index in [0.29, 0.717) is 30.6 Å². The molecule has 8 heteroatoms. The second kappa shape index (κ2) is 8.59. The molecule has 31 heavy (non-hydrogen) atoms. The van der Waals surface area contributed by atoms with Crippen LogP contribution in [0.1, 0.15) is 29.3 Å². The molecule has 2 aromatic rings. The predicted molar refractivity (Wildman–Crippen MR) is 115 cm³/mol. The van der Waals surface area contributed by atoms with Gasteiger partial charge < -0.3 is 20.9 Å². The first-order chi connectivity index (χ1) is 14.9. The quantitative estimate of drug-likeness (QED) is 0.640. The summed E-state index contributed by atoms with van der Waals surface area (Å²) in [6.07, 6.45) is 0.933. The first kappa shape index (κ1) is 20.6. The normalized spacial score (nSPS) is 22.5. The Morgan fingerprint density at radius 3 is 2.45 bits per heavy atom. The SMILES string of the molecule is CC(=O)c1ccc(NC(=O)N[C@H]2CCN3C(=O)[C@@H](Cc4ccccc4)NC(=O)[C@H]23)cc1. The molecule has 4 rings (SSSR count). The summed E-state index contributed by atoms with van der Waals surface area (Å²) in [5, 5.41) is 8.33. The molecule has 0 aliphatic carbocycles. The van der Waals surface area contributed by atoms with Gasteiger partial charge in [0.15, 0.2) is 5.78 Å². The van der Waals surface area contributed by atoms with Crippen LogP contribution in [-0.4, -0.2) is 53.2 Å². The van der Waals surface area contributed by atoms with Gasteiger partial charge >= 0.3 is 6.03 Å². The Morgan fingerprint density at radius 2 is 1.77 bits per heavy atom. The van der Waals surface area contributed by atoms with Gasteiger partial charge in [-0.25, -0.2) is 4.79 Å². The molecule has 4 amide bonds. The van der Waals surface area contributed by atoms with Crippen molar-refractivity contribution in [1.29, 1.82) is 0 Å². The zero-order chi connectivity index (χ0) is 22.0. The molecule has 2 heterocycles. The summed E-state index contributed by atoms with van der Waals surface area (Å²) in [7, 11) is 0. The minimum atomic E-state index is -0.717. The van der Waals surface area contributed by atoms with E-state index in [4.69, 9.17) is 0 Å². The van der Waals surface area contributed by atoms with Gasteiger partial charge in [-0.2, -0.15) is 0 Å². The number of anilines is 1. The molecule has 2 aromatic carbocycles. The maximum absolute atomic E-state index is 12.9. The minimum absolute atomic E-state index is 0.0550. The van der Waals surface area contributed by atoms with Crippen molar-refractivity contribution in [3.63, 3.8) is 0 Å². The van der Waals surface area contributed by atoms with Crippen LogP contribution in [0.2, 0.25) is 0 Å². The summed E-state index contributed by atoms with van der Waals surface area (Å²) < 4.78 is 0. The van der Waals surface area contributed by atoms with Crippen LogP contribution >= 0.6 is 0 Å². The van der Waals surface area contributed by atoms with Gasteiger partial charge in [0, 0.05) is 24.2 Å². The Bertz CT molecular complexity index is 1010. The van der Waals surface area contributed by atoms with Crippen LogP contribution in [0, 0.1) is 0 Å². The number of carbonyl (C=O) groups excluding carboxylic acids is 4. The van der Waals surface area contributed by atoms with E-state index in [1.165, 1.54) is 6.92 Å². The summed E-state index contributed by atoms with van der Waals surface area (Å²) >= 11 is 0. The van der Waals surface area contributed by atoms with Crippen molar-refractivity contribution in [1.82, 2.24) is 15.5 Å². The van der Waals surface area contributed by atoms with Gasteiger partial charge in [0.2, 0.25) is 11.8 Å². The van der Waals surface area contributed by atoms with Crippen LogP contribution in [0.4, 0.5) is 10.5 Å². The van der Waals surface area contributed by atoms with E-state index in [1.807, 2.05) is 30.3 Å². The van der Waals surface area contributed by atoms with Crippen molar-refractivity contribution in [3.05, 3.63) is 65.7 Å². The molecule has 3 atom stereocenters. The second-order valence-electron chi connectivity index (χ2n) is 7.85. The molecular weight excluding hydrogens is 396 g/mol. The number of hydrogen-bond acceptors (Lipinski definition) is 4. The molecule has 8 nitrogen and oxygen atoms in total. The lowest BCUT2D eigenvalue weighted by atomic mass is 9.99. The lowest BCUT2D eigenvalue weighted by Crippen LogP contribution is -2.65. The van der Waals surface area contributed by atoms with E-state index in [-0.39, 0.29) is 17.6 Å². The summed E-state index contributed by atoms with van der Waals surface area (Å²) in [6.45, 7) is 1.89. The number of ketones is 1. The van der Waals surface area contributed by atoms with Crippen LogP contribution < -0.4 is 16.0 Å². The van der Waals surface area contributed by atoms with Gasteiger partial charge in [0.05, 0.1) is 6.04 Å². The molecule has 2 fully saturated rings. The Kier molecular flexibility index (Phi) is 5.70. The highest BCUT2D eigenvalue weighted by Gasteiger charge is 2.48. The van der Waals surface area contributed by atoms with Gasteiger partial charge in [-0.15, -0.1) is 0 Å². The summed E-state index contributed by atoms with van der Waals surface area (Å²) in [4.78, 5) is 51.0. The predicted octanol–water partition coefficient (Wildman–Crippen LogP) is 1.72. The Hall–Kier alpha value is -3.68. The monoisotopic (exact) mass is 420 g/mol. The Balaban J connectivity index is 1.37. The average molecular weight is 420 g/mol. The van der Waals surface area contributed by atoms with Crippen LogP contribution in [0.25, 0.3) is 0 Å².